The Morgan fingerprint density at radius 1 is 1.00 bits per heavy atom. The van der Waals surface area contributed by atoms with Gasteiger partial charge in [-0.2, -0.15) is 0 Å². The molecule has 0 radical (unpaired) electrons. The van der Waals surface area contributed by atoms with Crippen LogP contribution in [0, 0.1) is 0 Å². The van der Waals surface area contributed by atoms with E-state index in [1.165, 1.54) is 0 Å². The van der Waals surface area contributed by atoms with E-state index in [0.717, 1.165) is 0 Å². The third-order valence-corrected chi connectivity index (χ3v) is 3.25. The largest absolute Gasteiger partial charge is 0.229 e. The van der Waals surface area contributed by atoms with Gasteiger partial charge >= 0.3 is 0 Å². The summed E-state index contributed by atoms with van der Waals surface area (Å²) in [6, 6.07) is 0. The fourth-order valence-corrected chi connectivity index (χ4v) is 2.42. The van der Waals surface area contributed by atoms with Crippen LogP contribution in [-0.2, 0) is 9.84 Å². The number of sulfone groups is 1. The van der Waals surface area contributed by atoms with Gasteiger partial charge < -0.3 is 0 Å². The lowest BCUT2D eigenvalue weighted by Gasteiger charge is -1.95. The average molecular weight is 228 g/mol. The predicted octanol–water partition coefficient (Wildman–Crippen LogP) is 1.30. The van der Waals surface area contributed by atoms with Crippen molar-refractivity contribution in [1.29, 1.82) is 0 Å². The standard InChI is InChI=1S/C4H8Cl2O2S.ClH/c5-1-3-9(7,8)4-2-6;/h1-4H2;1H. The molecule has 0 aromatic carbocycles. The number of halogens is 3. The van der Waals surface area contributed by atoms with Crippen molar-refractivity contribution in [1.82, 2.24) is 0 Å². The Hall–Kier alpha value is 0.820. The summed E-state index contributed by atoms with van der Waals surface area (Å²) in [7, 11) is -2.95. The SMILES string of the molecule is Cl.O=S(=O)(CCCl)CCCl. The molecule has 0 aromatic heterocycles. The minimum atomic E-state index is -2.95. The highest BCUT2D eigenvalue weighted by Crippen LogP contribution is 1.92. The Bertz CT molecular complexity index is 142. The van der Waals surface area contributed by atoms with E-state index >= 15 is 0 Å². The van der Waals surface area contributed by atoms with Gasteiger partial charge in [0.15, 0.2) is 9.84 Å². The molecule has 0 bridgehead atoms. The molecule has 64 valence electrons. The van der Waals surface area contributed by atoms with Crippen LogP contribution in [0.5, 0.6) is 0 Å². The van der Waals surface area contributed by atoms with Crippen LogP contribution in [0.2, 0.25) is 0 Å². The second-order valence-electron chi connectivity index (χ2n) is 1.53. The van der Waals surface area contributed by atoms with Gasteiger partial charge in [-0.15, -0.1) is 35.6 Å². The molecule has 2 nitrogen and oxygen atoms in total. The van der Waals surface area contributed by atoms with Crippen molar-refractivity contribution >= 4 is 45.4 Å². The molecule has 0 fully saturated rings. The molecular weight excluding hydrogens is 218 g/mol. The molecule has 10 heavy (non-hydrogen) atoms. The third kappa shape index (κ3) is 6.93. The molecule has 0 rings (SSSR count). The average Bonchev–Trinajstić information content (AvgIpc) is 1.64. The molecule has 0 atom stereocenters. The first-order chi connectivity index (χ1) is 4.12. The summed E-state index contributed by atoms with van der Waals surface area (Å²) in [6.07, 6.45) is 0. The van der Waals surface area contributed by atoms with Crippen LogP contribution in [0.4, 0.5) is 0 Å². The lowest BCUT2D eigenvalue weighted by molar-refractivity contribution is 0.599. The number of hydrogen-bond acceptors (Lipinski definition) is 2. The molecule has 0 aliphatic rings. The first-order valence-electron chi connectivity index (χ1n) is 2.45. The van der Waals surface area contributed by atoms with Crippen LogP contribution >= 0.6 is 35.6 Å². The van der Waals surface area contributed by atoms with E-state index in [0.29, 0.717) is 0 Å². The van der Waals surface area contributed by atoms with E-state index in [1.807, 2.05) is 0 Å². The van der Waals surface area contributed by atoms with Gasteiger partial charge in [0.2, 0.25) is 0 Å². The van der Waals surface area contributed by atoms with Crippen LogP contribution in [0.1, 0.15) is 0 Å². The summed E-state index contributed by atoms with van der Waals surface area (Å²) >= 11 is 10.4. The monoisotopic (exact) mass is 226 g/mol. The minimum Gasteiger partial charge on any atom is -0.229 e. The smallest absolute Gasteiger partial charge is 0.152 e. The maximum Gasteiger partial charge on any atom is 0.152 e. The molecular formula is C4H9Cl3O2S. The quantitative estimate of drug-likeness (QED) is 0.679. The highest BCUT2D eigenvalue weighted by atomic mass is 35.5. The van der Waals surface area contributed by atoms with Crippen LogP contribution in [-0.4, -0.2) is 31.7 Å². The first-order valence-corrected chi connectivity index (χ1v) is 5.34. The van der Waals surface area contributed by atoms with Gasteiger partial charge in [0, 0.05) is 11.8 Å². The number of hydrogen-bond donors (Lipinski definition) is 0. The van der Waals surface area contributed by atoms with Gasteiger partial charge in [0.1, 0.15) is 0 Å². The van der Waals surface area contributed by atoms with Crippen molar-refractivity contribution < 1.29 is 8.42 Å². The van der Waals surface area contributed by atoms with E-state index in [9.17, 15) is 8.42 Å². The summed E-state index contributed by atoms with van der Waals surface area (Å²) in [5, 5.41) is 0. The van der Waals surface area contributed by atoms with E-state index in [1.54, 1.807) is 0 Å². The van der Waals surface area contributed by atoms with Crippen molar-refractivity contribution in [3.05, 3.63) is 0 Å². The Labute approximate surface area is 77.2 Å². The van der Waals surface area contributed by atoms with E-state index in [4.69, 9.17) is 23.2 Å². The Morgan fingerprint density at radius 3 is 1.50 bits per heavy atom. The molecule has 6 heteroatoms. The van der Waals surface area contributed by atoms with E-state index < -0.39 is 9.84 Å². The maximum atomic E-state index is 10.7. The van der Waals surface area contributed by atoms with Crippen molar-refractivity contribution in [2.75, 3.05) is 23.3 Å². The zero-order valence-corrected chi connectivity index (χ0v) is 8.36. The molecule has 0 heterocycles. The molecule has 0 spiro atoms. The third-order valence-electron chi connectivity index (χ3n) is 0.776. The first kappa shape index (κ1) is 13.4. The van der Waals surface area contributed by atoms with Crippen molar-refractivity contribution in [3.63, 3.8) is 0 Å². The number of rotatable bonds is 4. The molecule has 0 aliphatic carbocycles. The maximum absolute atomic E-state index is 10.7. The van der Waals surface area contributed by atoms with E-state index in [2.05, 4.69) is 0 Å². The van der Waals surface area contributed by atoms with Gasteiger partial charge in [-0.05, 0) is 0 Å². The predicted molar refractivity (Wildman–Crippen MR) is 47.3 cm³/mol. The van der Waals surface area contributed by atoms with E-state index in [-0.39, 0.29) is 35.7 Å². The molecule has 0 unspecified atom stereocenters. The van der Waals surface area contributed by atoms with Gasteiger partial charge in [-0.1, -0.05) is 0 Å². The van der Waals surface area contributed by atoms with Crippen LogP contribution < -0.4 is 0 Å². The second-order valence-corrected chi connectivity index (χ2v) is 4.59. The summed E-state index contributed by atoms with van der Waals surface area (Å²) in [6.45, 7) is 0. The highest BCUT2D eigenvalue weighted by Gasteiger charge is 2.06. The topological polar surface area (TPSA) is 34.1 Å². The van der Waals surface area contributed by atoms with Crippen molar-refractivity contribution in [2.45, 2.75) is 0 Å². The Balaban J connectivity index is 0. The Kier molecular flexibility index (Phi) is 8.75. The fourth-order valence-electron chi connectivity index (χ4n) is 0.337. The van der Waals surface area contributed by atoms with Crippen molar-refractivity contribution in [3.8, 4) is 0 Å². The molecule has 0 aromatic rings. The summed E-state index contributed by atoms with van der Waals surface area (Å²) in [5.41, 5.74) is 0. The molecule has 0 aliphatic heterocycles. The normalized spacial score (nSPS) is 10.6. The molecule has 0 saturated carbocycles. The van der Waals surface area contributed by atoms with Gasteiger partial charge in [0.25, 0.3) is 0 Å². The van der Waals surface area contributed by atoms with Gasteiger partial charge in [-0.3, -0.25) is 0 Å². The summed E-state index contributed by atoms with van der Waals surface area (Å²) < 4.78 is 21.3. The highest BCUT2D eigenvalue weighted by molar-refractivity contribution is 7.91. The lowest BCUT2D eigenvalue weighted by atomic mass is 10.9. The second kappa shape index (κ2) is 6.53. The lowest BCUT2D eigenvalue weighted by Crippen LogP contribution is -2.12. The van der Waals surface area contributed by atoms with Gasteiger partial charge in [0.05, 0.1) is 11.5 Å². The molecule has 0 N–H and O–H groups in total. The van der Waals surface area contributed by atoms with Gasteiger partial charge in [-0.25, -0.2) is 8.42 Å². The minimum absolute atomic E-state index is 0. The Morgan fingerprint density at radius 2 is 1.30 bits per heavy atom. The van der Waals surface area contributed by atoms with Crippen molar-refractivity contribution in [2.24, 2.45) is 0 Å². The zero-order valence-electron chi connectivity index (χ0n) is 5.22. The zero-order chi connectivity index (χ0) is 7.33. The fraction of sp³-hybridized carbons (Fsp3) is 1.00. The summed E-state index contributed by atoms with van der Waals surface area (Å²) in [5.74, 6) is 0.362. The van der Waals surface area contributed by atoms with Crippen LogP contribution in [0.25, 0.3) is 0 Å². The molecule has 0 amide bonds. The molecule has 0 saturated heterocycles. The summed E-state index contributed by atoms with van der Waals surface area (Å²) in [4.78, 5) is 0. The van der Waals surface area contributed by atoms with Crippen LogP contribution in [0.15, 0.2) is 0 Å². The number of alkyl halides is 2. The van der Waals surface area contributed by atoms with Crippen LogP contribution in [0.3, 0.4) is 0 Å².